The van der Waals surface area contributed by atoms with Crippen LogP contribution in [-0.4, -0.2) is 46.2 Å². The number of anilines is 1. The van der Waals surface area contributed by atoms with E-state index in [9.17, 15) is 18.4 Å². The zero-order valence-corrected chi connectivity index (χ0v) is 14.8. The molecule has 0 bridgehead atoms. The van der Waals surface area contributed by atoms with Crippen molar-refractivity contribution < 1.29 is 23.1 Å². The van der Waals surface area contributed by atoms with Gasteiger partial charge < -0.3 is 15.0 Å². The Bertz CT molecular complexity index is 832. The third kappa shape index (κ3) is 4.42. The summed E-state index contributed by atoms with van der Waals surface area (Å²) in [7, 11) is 1.63. The van der Waals surface area contributed by atoms with E-state index in [0.29, 0.717) is 13.1 Å². The standard InChI is InChI=1S/C18H20F2N4O3/c1-23-15(17(26)24-8-3-2-4-9-24)14(11-21-23)22-16(25)12-6-5-7-13(10-12)27-18(19)20/h5-7,10-11,18H,2-4,8-9H2,1H3,(H,22,25). The van der Waals surface area contributed by atoms with E-state index in [1.54, 1.807) is 11.9 Å². The molecule has 2 heterocycles. The molecule has 2 aromatic rings. The van der Waals surface area contributed by atoms with Crippen LogP contribution < -0.4 is 10.1 Å². The second-order valence-corrected chi connectivity index (χ2v) is 6.24. The first kappa shape index (κ1) is 18.8. The quantitative estimate of drug-likeness (QED) is 0.868. The van der Waals surface area contributed by atoms with Gasteiger partial charge in [0.2, 0.25) is 0 Å². The number of hydrogen-bond acceptors (Lipinski definition) is 4. The van der Waals surface area contributed by atoms with Crippen LogP contribution in [0.2, 0.25) is 0 Å². The molecular formula is C18H20F2N4O3. The fourth-order valence-electron chi connectivity index (χ4n) is 3.04. The van der Waals surface area contributed by atoms with Crippen LogP contribution in [0.25, 0.3) is 0 Å². The number of rotatable bonds is 5. The van der Waals surface area contributed by atoms with Crippen molar-refractivity contribution in [2.24, 2.45) is 7.05 Å². The number of halogens is 2. The highest BCUT2D eigenvalue weighted by Crippen LogP contribution is 2.21. The Kier molecular flexibility index (Phi) is 5.68. The van der Waals surface area contributed by atoms with Gasteiger partial charge in [-0.1, -0.05) is 6.07 Å². The van der Waals surface area contributed by atoms with Crippen molar-refractivity contribution in [3.63, 3.8) is 0 Å². The van der Waals surface area contributed by atoms with Gasteiger partial charge in [-0.2, -0.15) is 13.9 Å². The number of alkyl halides is 2. The molecular weight excluding hydrogens is 358 g/mol. The number of likely N-dealkylation sites (tertiary alicyclic amines) is 1. The molecule has 3 rings (SSSR count). The lowest BCUT2D eigenvalue weighted by Crippen LogP contribution is -2.37. The SMILES string of the molecule is Cn1ncc(NC(=O)c2cccc(OC(F)F)c2)c1C(=O)N1CCCCC1. The third-order valence-electron chi connectivity index (χ3n) is 4.35. The summed E-state index contributed by atoms with van der Waals surface area (Å²) in [6.07, 6.45) is 4.38. The Morgan fingerprint density at radius 1 is 1.22 bits per heavy atom. The lowest BCUT2D eigenvalue weighted by Gasteiger charge is -2.27. The smallest absolute Gasteiger partial charge is 0.387 e. The van der Waals surface area contributed by atoms with Crippen LogP contribution in [0.5, 0.6) is 5.75 Å². The van der Waals surface area contributed by atoms with Gasteiger partial charge in [0.05, 0.1) is 11.9 Å². The van der Waals surface area contributed by atoms with E-state index in [0.717, 1.165) is 19.3 Å². The zero-order chi connectivity index (χ0) is 19.4. The molecule has 27 heavy (non-hydrogen) atoms. The first-order chi connectivity index (χ1) is 13.0. The van der Waals surface area contributed by atoms with E-state index < -0.39 is 12.5 Å². The number of nitrogens with one attached hydrogen (secondary N) is 1. The lowest BCUT2D eigenvalue weighted by molar-refractivity contribution is -0.0498. The van der Waals surface area contributed by atoms with E-state index in [-0.39, 0.29) is 28.6 Å². The third-order valence-corrected chi connectivity index (χ3v) is 4.35. The molecule has 9 heteroatoms. The van der Waals surface area contributed by atoms with Gasteiger partial charge in [-0.05, 0) is 37.5 Å². The van der Waals surface area contributed by atoms with Crippen molar-refractivity contribution in [3.05, 3.63) is 41.7 Å². The van der Waals surface area contributed by atoms with Gasteiger partial charge in [0.1, 0.15) is 11.4 Å². The number of nitrogens with zero attached hydrogens (tertiary/aromatic N) is 3. The number of hydrogen-bond donors (Lipinski definition) is 1. The Balaban J connectivity index is 1.78. The summed E-state index contributed by atoms with van der Waals surface area (Å²) < 4.78 is 30.4. The lowest BCUT2D eigenvalue weighted by atomic mass is 10.1. The normalized spacial score (nSPS) is 14.3. The average Bonchev–Trinajstić information content (AvgIpc) is 3.01. The summed E-state index contributed by atoms with van der Waals surface area (Å²) >= 11 is 0. The summed E-state index contributed by atoms with van der Waals surface area (Å²) in [5.41, 5.74) is 0.692. The van der Waals surface area contributed by atoms with Crippen LogP contribution in [0, 0.1) is 0 Å². The second kappa shape index (κ2) is 8.15. The van der Waals surface area contributed by atoms with Crippen molar-refractivity contribution in [1.29, 1.82) is 0 Å². The van der Waals surface area contributed by atoms with E-state index in [1.165, 1.54) is 35.1 Å². The summed E-state index contributed by atoms with van der Waals surface area (Å²) in [6, 6.07) is 5.45. The minimum atomic E-state index is -2.98. The zero-order valence-electron chi connectivity index (χ0n) is 14.8. The highest BCUT2D eigenvalue weighted by molar-refractivity contribution is 6.08. The molecule has 0 radical (unpaired) electrons. The van der Waals surface area contributed by atoms with E-state index in [2.05, 4.69) is 15.2 Å². The van der Waals surface area contributed by atoms with Gasteiger partial charge in [0, 0.05) is 25.7 Å². The summed E-state index contributed by atoms with van der Waals surface area (Å²) in [5, 5.41) is 6.70. The van der Waals surface area contributed by atoms with Crippen molar-refractivity contribution in [1.82, 2.24) is 14.7 Å². The predicted molar refractivity (Wildman–Crippen MR) is 94.0 cm³/mol. The van der Waals surface area contributed by atoms with Gasteiger partial charge in [-0.3, -0.25) is 14.3 Å². The van der Waals surface area contributed by atoms with Crippen LogP contribution in [0.15, 0.2) is 30.5 Å². The fourth-order valence-corrected chi connectivity index (χ4v) is 3.04. The van der Waals surface area contributed by atoms with Crippen LogP contribution in [-0.2, 0) is 7.05 Å². The molecule has 0 aliphatic carbocycles. The molecule has 1 fully saturated rings. The monoisotopic (exact) mass is 378 g/mol. The maximum Gasteiger partial charge on any atom is 0.387 e. The van der Waals surface area contributed by atoms with E-state index in [1.807, 2.05) is 0 Å². The second-order valence-electron chi connectivity index (χ2n) is 6.24. The number of aryl methyl sites for hydroxylation is 1. The van der Waals surface area contributed by atoms with Crippen LogP contribution in [0.3, 0.4) is 0 Å². The Morgan fingerprint density at radius 3 is 2.67 bits per heavy atom. The van der Waals surface area contributed by atoms with Crippen molar-refractivity contribution >= 4 is 17.5 Å². The fraction of sp³-hybridized carbons (Fsp3) is 0.389. The molecule has 7 nitrogen and oxygen atoms in total. The highest BCUT2D eigenvalue weighted by atomic mass is 19.3. The number of benzene rings is 1. The molecule has 0 unspecified atom stereocenters. The van der Waals surface area contributed by atoms with Crippen molar-refractivity contribution in [2.75, 3.05) is 18.4 Å². The predicted octanol–water partition coefficient (Wildman–Crippen LogP) is 2.90. The molecule has 0 atom stereocenters. The molecule has 1 aromatic heterocycles. The van der Waals surface area contributed by atoms with Gasteiger partial charge in [-0.25, -0.2) is 0 Å². The van der Waals surface area contributed by atoms with Crippen LogP contribution in [0.4, 0.5) is 14.5 Å². The van der Waals surface area contributed by atoms with Gasteiger partial charge in [0.15, 0.2) is 0 Å². The molecule has 0 spiro atoms. The topological polar surface area (TPSA) is 76.5 Å². The maximum absolute atomic E-state index is 12.8. The molecule has 0 saturated carbocycles. The molecule has 2 amide bonds. The van der Waals surface area contributed by atoms with E-state index in [4.69, 9.17) is 0 Å². The highest BCUT2D eigenvalue weighted by Gasteiger charge is 2.25. The maximum atomic E-state index is 12.8. The average molecular weight is 378 g/mol. The molecule has 1 saturated heterocycles. The first-order valence-corrected chi connectivity index (χ1v) is 8.63. The molecule has 144 valence electrons. The van der Waals surface area contributed by atoms with Gasteiger partial charge in [-0.15, -0.1) is 0 Å². The number of piperidine rings is 1. The molecule has 1 aromatic carbocycles. The minimum absolute atomic E-state index is 0.117. The van der Waals surface area contributed by atoms with Crippen LogP contribution in [0.1, 0.15) is 40.1 Å². The van der Waals surface area contributed by atoms with Gasteiger partial charge in [0.25, 0.3) is 11.8 Å². The largest absolute Gasteiger partial charge is 0.435 e. The summed E-state index contributed by atoms with van der Waals surface area (Å²) in [5.74, 6) is -0.858. The van der Waals surface area contributed by atoms with E-state index >= 15 is 0 Å². The number of ether oxygens (including phenoxy) is 1. The molecule has 1 aliphatic heterocycles. The number of aromatic nitrogens is 2. The number of amides is 2. The Hall–Kier alpha value is -2.97. The first-order valence-electron chi connectivity index (χ1n) is 8.63. The minimum Gasteiger partial charge on any atom is -0.435 e. The summed E-state index contributed by atoms with van der Waals surface area (Å²) in [6.45, 7) is -1.63. The Labute approximate surface area is 154 Å². The van der Waals surface area contributed by atoms with Crippen LogP contribution >= 0.6 is 0 Å². The summed E-state index contributed by atoms with van der Waals surface area (Å²) in [4.78, 5) is 27.0. The number of carbonyl (C=O) groups excluding carboxylic acids is 2. The van der Waals surface area contributed by atoms with Gasteiger partial charge >= 0.3 is 6.61 Å². The molecule has 1 N–H and O–H groups in total. The van der Waals surface area contributed by atoms with Crippen molar-refractivity contribution in [2.45, 2.75) is 25.9 Å². The molecule has 1 aliphatic rings. The Morgan fingerprint density at radius 2 is 1.96 bits per heavy atom. The number of carbonyl (C=O) groups is 2. The van der Waals surface area contributed by atoms with Crippen molar-refractivity contribution in [3.8, 4) is 5.75 Å².